The molecule has 0 aliphatic carbocycles. The van der Waals surface area contributed by atoms with Crippen LogP contribution in [0.1, 0.15) is 54.8 Å². The van der Waals surface area contributed by atoms with Gasteiger partial charge in [-0.3, -0.25) is 4.79 Å². The molecule has 0 radical (unpaired) electrons. The highest BCUT2D eigenvalue weighted by molar-refractivity contribution is 6.05. The molecule has 1 N–H and O–H groups in total. The zero-order valence-corrected chi connectivity index (χ0v) is 16.9. The lowest BCUT2D eigenvalue weighted by Crippen LogP contribution is -2.35. The Hall–Kier alpha value is -2.34. The van der Waals surface area contributed by atoms with E-state index in [1.54, 1.807) is 12.3 Å². The van der Waals surface area contributed by atoms with Crippen LogP contribution in [0.5, 0.6) is 0 Å². The number of hydrogen-bond acceptors (Lipinski definition) is 5. The molecule has 1 aliphatic heterocycles. The van der Waals surface area contributed by atoms with Crippen LogP contribution in [0.3, 0.4) is 0 Å². The van der Waals surface area contributed by atoms with Gasteiger partial charge in [0, 0.05) is 38.5 Å². The Morgan fingerprint density at radius 3 is 2.74 bits per heavy atom. The van der Waals surface area contributed by atoms with Crippen LogP contribution in [0.2, 0.25) is 0 Å². The summed E-state index contributed by atoms with van der Waals surface area (Å²) < 4.78 is 11.2. The number of allylic oxidation sites excluding steroid dienone is 1. The van der Waals surface area contributed by atoms with Gasteiger partial charge in [-0.2, -0.15) is 0 Å². The lowest BCUT2D eigenvalue weighted by Gasteiger charge is -2.23. The van der Waals surface area contributed by atoms with Gasteiger partial charge in [-0.15, -0.1) is 0 Å². The van der Waals surface area contributed by atoms with Crippen LogP contribution in [-0.4, -0.2) is 49.6 Å². The number of benzene rings is 1. The fourth-order valence-corrected chi connectivity index (χ4v) is 2.95. The molecule has 0 fully saturated rings. The zero-order valence-electron chi connectivity index (χ0n) is 16.9. The van der Waals surface area contributed by atoms with E-state index < -0.39 is 11.7 Å². The number of ketones is 1. The molecule has 1 aromatic rings. The summed E-state index contributed by atoms with van der Waals surface area (Å²) in [4.78, 5) is 26.4. The van der Waals surface area contributed by atoms with Crippen LogP contribution in [0.15, 0.2) is 30.5 Å². The van der Waals surface area contributed by atoms with Crippen molar-refractivity contribution in [3.63, 3.8) is 0 Å². The van der Waals surface area contributed by atoms with Gasteiger partial charge >= 0.3 is 6.09 Å². The molecule has 2 rings (SSSR count). The average Bonchev–Trinajstić information content (AvgIpc) is 2.78. The second-order valence-corrected chi connectivity index (χ2v) is 7.86. The maximum absolute atomic E-state index is 12.6. The van der Waals surface area contributed by atoms with E-state index in [9.17, 15) is 9.59 Å². The van der Waals surface area contributed by atoms with E-state index in [0.717, 1.165) is 24.0 Å². The van der Waals surface area contributed by atoms with E-state index in [0.29, 0.717) is 18.7 Å². The van der Waals surface area contributed by atoms with Gasteiger partial charge in [0.2, 0.25) is 0 Å². The molecule has 0 spiro atoms. The summed E-state index contributed by atoms with van der Waals surface area (Å²) in [6, 6.07) is 5.68. The van der Waals surface area contributed by atoms with Crippen LogP contribution in [0.25, 0.3) is 0 Å². The third-order valence-corrected chi connectivity index (χ3v) is 4.07. The highest BCUT2D eigenvalue weighted by atomic mass is 16.6. The predicted molar refractivity (Wildman–Crippen MR) is 105 cm³/mol. The fraction of sp³-hybridized carbons (Fsp3) is 0.524. The first-order valence-electron chi connectivity index (χ1n) is 9.26. The molecule has 1 unspecified atom stereocenters. The lowest BCUT2D eigenvalue weighted by molar-refractivity contribution is 0.0359. The van der Waals surface area contributed by atoms with E-state index in [4.69, 9.17) is 9.47 Å². The van der Waals surface area contributed by atoms with Crippen molar-refractivity contribution in [1.82, 2.24) is 10.2 Å². The first-order valence-corrected chi connectivity index (χ1v) is 9.26. The Bertz CT molecular complexity index is 705. The lowest BCUT2D eigenvalue weighted by atomic mass is 9.92. The summed E-state index contributed by atoms with van der Waals surface area (Å²) in [5.41, 5.74) is 2.09. The molecule has 27 heavy (non-hydrogen) atoms. The highest BCUT2D eigenvalue weighted by Crippen LogP contribution is 2.29. The molecular formula is C21H30N2O4. The van der Waals surface area contributed by atoms with Gasteiger partial charge in [0.25, 0.3) is 0 Å². The summed E-state index contributed by atoms with van der Waals surface area (Å²) in [7, 11) is 3.75. The van der Waals surface area contributed by atoms with E-state index in [-0.39, 0.29) is 11.9 Å². The molecule has 1 aromatic carbocycles. The monoisotopic (exact) mass is 374 g/mol. The second kappa shape index (κ2) is 9.04. The molecule has 0 bridgehead atoms. The minimum Gasteiger partial charge on any atom is -0.444 e. The summed E-state index contributed by atoms with van der Waals surface area (Å²) in [5.74, 6) is -0.0266. The Morgan fingerprint density at radius 2 is 2.07 bits per heavy atom. The van der Waals surface area contributed by atoms with E-state index in [2.05, 4.69) is 5.32 Å². The van der Waals surface area contributed by atoms with Gasteiger partial charge in [0.1, 0.15) is 11.7 Å². The minimum absolute atomic E-state index is 0.0266. The van der Waals surface area contributed by atoms with Crippen molar-refractivity contribution >= 4 is 11.9 Å². The van der Waals surface area contributed by atoms with Crippen molar-refractivity contribution < 1.29 is 19.1 Å². The van der Waals surface area contributed by atoms with Gasteiger partial charge in [-0.25, -0.2) is 4.79 Å². The highest BCUT2D eigenvalue weighted by Gasteiger charge is 2.24. The molecule has 0 saturated heterocycles. The van der Waals surface area contributed by atoms with E-state index in [1.165, 1.54) is 0 Å². The van der Waals surface area contributed by atoms with Crippen LogP contribution in [0.4, 0.5) is 4.79 Å². The number of hydrogen-bond donors (Lipinski definition) is 1. The Labute approximate surface area is 161 Å². The van der Waals surface area contributed by atoms with Crippen LogP contribution < -0.4 is 5.32 Å². The molecule has 1 aliphatic rings. The third kappa shape index (κ3) is 6.40. The number of carbonyl (C=O) groups is 2. The molecule has 1 amide bonds. The minimum atomic E-state index is -0.551. The van der Waals surface area contributed by atoms with E-state index in [1.807, 2.05) is 58.0 Å². The van der Waals surface area contributed by atoms with E-state index >= 15 is 0 Å². The smallest absolute Gasteiger partial charge is 0.407 e. The molecule has 0 aromatic heterocycles. The quantitative estimate of drug-likeness (QED) is 0.631. The summed E-state index contributed by atoms with van der Waals surface area (Å²) in [6.45, 7) is 6.35. The van der Waals surface area contributed by atoms with Crippen molar-refractivity contribution in [2.24, 2.45) is 0 Å². The molecule has 0 saturated carbocycles. The topological polar surface area (TPSA) is 67.9 Å². The standard InChI is InChI=1S/C21H30N2O4/c1-21(2,3)27-20(25)22-14-19-17-9-6-8-16(15(17)10-7-13-26-19)18(24)11-12-23(4)5/h6,8-9,11-12,19H,7,10,13-14H2,1-5H3,(H,22,25)/b12-11+. The molecule has 148 valence electrons. The molecule has 6 heteroatoms. The van der Waals surface area contributed by atoms with Gasteiger partial charge in [-0.05, 0) is 44.7 Å². The van der Waals surface area contributed by atoms with Gasteiger partial charge < -0.3 is 19.7 Å². The van der Waals surface area contributed by atoms with Crippen molar-refractivity contribution in [3.05, 3.63) is 47.2 Å². The number of alkyl carbamates (subject to hydrolysis) is 1. The normalized spacial score (nSPS) is 17.1. The van der Waals surface area contributed by atoms with Crippen molar-refractivity contribution in [2.75, 3.05) is 27.2 Å². The molecule has 1 atom stereocenters. The fourth-order valence-electron chi connectivity index (χ4n) is 2.95. The summed E-state index contributed by atoms with van der Waals surface area (Å²) in [5, 5.41) is 2.77. The maximum Gasteiger partial charge on any atom is 0.407 e. The van der Waals surface area contributed by atoms with Crippen molar-refractivity contribution in [2.45, 2.75) is 45.3 Å². The SMILES string of the molecule is CN(C)/C=C/C(=O)c1cccc2c1CCCOC2CNC(=O)OC(C)(C)C. The number of fused-ring (bicyclic) bond motifs is 1. The predicted octanol–water partition coefficient (Wildman–Crippen LogP) is 3.47. The van der Waals surface area contributed by atoms with Crippen LogP contribution in [0, 0.1) is 0 Å². The first-order chi connectivity index (χ1) is 12.7. The third-order valence-electron chi connectivity index (χ3n) is 4.07. The number of rotatable bonds is 5. The average molecular weight is 374 g/mol. The number of carbonyl (C=O) groups excluding carboxylic acids is 2. The Kier molecular flexibility index (Phi) is 7.02. The maximum atomic E-state index is 12.6. The number of ether oxygens (including phenoxy) is 2. The van der Waals surface area contributed by atoms with Crippen molar-refractivity contribution in [1.29, 1.82) is 0 Å². The Morgan fingerprint density at radius 1 is 1.33 bits per heavy atom. The van der Waals surface area contributed by atoms with Crippen LogP contribution >= 0.6 is 0 Å². The molecule has 6 nitrogen and oxygen atoms in total. The van der Waals surface area contributed by atoms with Gasteiger partial charge in [0.15, 0.2) is 5.78 Å². The summed E-state index contributed by atoms with van der Waals surface area (Å²) >= 11 is 0. The van der Waals surface area contributed by atoms with Crippen LogP contribution in [-0.2, 0) is 15.9 Å². The van der Waals surface area contributed by atoms with Crippen molar-refractivity contribution in [3.8, 4) is 0 Å². The largest absolute Gasteiger partial charge is 0.444 e. The molecule has 1 heterocycles. The second-order valence-electron chi connectivity index (χ2n) is 7.86. The Balaban J connectivity index is 2.19. The molecular weight excluding hydrogens is 344 g/mol. The van der Waals surface area contributed by atoms with Gasteiger partial charge in [0.05, 0.1) is 6.54 Å². The first kappa shape index (κ1) is 21.0. The zero-order chi connectivity index (χ0) is 20.0. The number of nitrogens with one attached hydrogen (secondary N) is 1. The number of nitrogens with zero attached hydrogens (tertiary/aromatic N) is 1. The van der Waals surface area contributed by atoms with Gasteiger partial charge in [-0.1, -0.05) is 18.2 Å². The number of amides is 1. The summed E-state index contributed by atoms with van der Waals surface area (Å²) in [6.07, 6.45) is 4.15.